The number of fused-ring (bicyclic) bond motifs is 1. The van der Waals surface area contributed by atoms with Crippen LogP contribution in [0.1, 0.15) is 31.2 Å². The molecule has 1 amide bonds. The molecule has 2 N–H and O–H groups in total. The number of thioether (sulfide) groups is 1. The van der Waals surface area contributed by atoms with E-state index in [1.54, 1.807) is 11.8 Å². The SMILES string of the molecule is O=C(C1C=C(c2cn[nH]c2)SC1)N1CCNC2CCCCC21. The van der Waals surface area contributed by atoms with Crippen molar-refractivity contribution in [2.45, 2.75) is 37.8 Å². The highest BCUT2D eigenvalue weighted by molar-refractivity contribution is 8.08. The number of aromatic amines is 1. The Bertz CT molecular complexity index is 569. The van der Waals surface area contributed by atoms with E-state index in [2.05, 4.69) is 26.5 Å². The molecular weight excluding hydrogens is 296 g/mol. The number of rotatable bonds is 2. The van der Waals surface area contributed by atoms with Crippen LogP contribution in [0.3, 0.4) is 0 Å². The number of H-pyrrole nitrogens is 1. The summed E-state index contributed by atoms with van der Waals surface area (Å²) in [5.74, 6) is 1.21. The van der Waals surface area contributed by atoms with Crippen molar-refractivity contribution < 1.29 is 4.79 Å². The number of carbonyl (C=O) groups excluding carboxylic acids is 1. The van der Waals surface area contributed by atoms with Crippen molar-refractivity contribution in [2.75, 3.05) is 18.8 Å². The van der Waals surface area contributed by atoms with Crippen molar-refractivity contribution in [3.05, 3.63) is 24.0 Å². The van der Waals surface area contributed by atoms with Crippen molar-refractivity contribution in [3.8, 4) is 0 Å². The first-order valence-corrected chi connectivity index (χ1v) is 9.19. The molecule has 1 saturated carbocycles. The van der Waals surface area contributed by atoms with Crippen LogP contribution >= 0.6 is 11.8 Å². The monoisotopic (exact) mass is 318 g/mol. The fourth-order valence-electron chi connectivity index (χ4n) is 3.91. The van der Waals surface area contributed by atoms with Gasteiger partial charge in [0.1, 0.15) is 0 Å². The average Bonchev–Trinajstić information content (AvgIpc) is 3.24. The van der Waals surface area contributed by atoms with Crippen molar-refractivity contribution in [1.29, 1.82) is 0 Å². The molecule has 5 nitrogen and oxygen atoms in total. The number of carbonyl (C=O) groups is 1. The smallest absolute Gasteiger partial charge is 0.230 e. The van der Waals surface area contributed by atoms with Crippen LogP contribution < -0.4 is 5.32 Å². The zero-order valence-corrected chi connectivity index (χ0v) is 13.4. The molecule has 3 atom stereocenters. The van der Waals surface area contributed by atoms with Crippen molar-refractivity contribution in [2.24, 2.45) is 5.92 Å². The van der Waals surface area contributed by atoms with Gasteiger partial charge in [-0.1, -0.05) is 18.9 Å². The highest BCUT2D eigenvalue weighted by Crippen LogP contribution is 2.38. The lowest BCUT2D eigenvalue weighted by molar-refractivity contribution is -0.138. The number of hydrogen-bond acceptors (Lipinski definition) is 4. The van der Waals surface area contributed by atoms with Crippen molar-refractivity contribution >= 4 is 22.6 Å². The zero-order valence-electron chi connectivity index (χ0n) is 12.6. The second-order valence-corrected chi connectivity index (χ2v) is 7.44. The fraction of sp³-hybridized carbons (Fsp3) is 0.625. The van der Waals surface area contributed by atoms with Crippen LogP contribution in [0.5, 0.6) is 0 Å². The number of nitrogens with one attached hydrogen (secondary N) is 2. The lowest BCUT2D eigenvalue weighted by Gasteiger charge is -2.45. The Balaban J connectivity index is 1.49. The lowest BCUT2D eigenvalue weighted by Crippen LogP contribution is -2.61. The summed E-state index contributed by atoms with van der Waals surface area (Å²) >= 11 is 1.77. The van der Waals surface area contributed by atoms with Crippen molar-refractivity contribution in [3.63, 3.8) is 0 Å². The molecule has 2 fully saturated rings. The minimum Gasteiger partial charge on any atom is -0.336 e. The van der Waals surface area contributed by atoms with Crippen LogP contribution in [0, 0.1) is 5.92 Å². The van der Waals surface area contributed by atoms with Gasteiger partial charge < -0.3 is 10.2 Å². The molecule has 0 radical (unpaired) electrons. The van der Waals surface area contributed by atoms with E-state index < -0.39 is 0 Å². The quantitative estimate of drug-likeness (QED) is 0.874. The Kier molecular flexibility index (Phi) is 3.96. The maximum Gasteiger partial charge on any atom is 0.230 e. The third kappa shape index (κ3) is 2.58. The van der Waals surface area contributed by atoms with E-state index in [1.807, 2.05) is 12.4 Å². The number of piperazine rings is 1. The molecule has 3 aliphatic rings. The van der Waals surface area contributed by atoms with Crippen LogP contribution in [0.25, 0.3) is 4.91 Å². The molecule has 1 aromatic heterocycles. The number of nitrogens with zero attached hydrogens (tertiary/aromatic N) is 2. The third-order valence-corrected chi connectivity index (χ3v) is 6.25. The molecule has 0 spiro atoms. The minimum absolute atomic E-state index is 0.0237. The summed E-state index contributed by atoms with van der Waals surface area (Å²) in [5, 5.41) is 10.4. The van der Waals surface area contributed by atoms with Gasteiger partial charge in [-0.25, -0.2) is 0 Å². The summed E-state index contributed by atoms with van der Waals surface area (Å²) in [6.45, 7) is 1.79. The van der Waals surface area contributed by atoms with E-state index in [0.717, 1.165) is 30.8 Å². The summed E-state index contributed by atoms with van der Waals surface area (Å²) in [6.07, 6.45) is 10.8. The van der Waals surface area contributed by atoms with Crippen molar-refractivity contribution in [1.82, 2.24) is 20.4 Å². The van der Waals surface area contributed by atoms with Crippen LogP contribution in [-0.4, -0.2) is 51.9 Å². The number of aromatic nitrogens is 2. The Labute approximate surface area is 134 Å². The molecule has 2 aliphatic heterocycles. The van der Waals surface area contributed by atoms with Gasteiger partial charge in [-0.3, -0.25) is 9.89 Å². The molecule has 118 valence electrons. The molecule has 3 unspecified atom stereocenters. The average molecular weight is 318 g/mol. The van der Waals surface area contributed by atoms with Gasteiger partial charge >= 0.3 is 0 Å². The molecule has 22 heavy (non-hydrogen) atoms. The molecule has 0 bridgehead atoms. The van der Waals surface area contributed by atoms with Gasteiger partial charge in [-0.2, -0.15) is 5.10 Å². The molecule has 0 aromatic carbocycles. The number of amides is 1. The maximum absolute atomic E-state index is 13.0. The first-order valence-electron chi connectivity index (χ1n) is 8.20. The first kappa shape index (κ1) is 14.3. The van der Waals surface area contributed by atoms with E-state index >= 15 is 0 Å². The Morgan fingerprint density at radius 1 is 1.36 bits per heavy atom. The van der Waals surface area contributed by atoms with Gasteiger partial charge in [0.2, 0.25) is 5.91 Å². The van der Waals surface area contributed by atoms with Gasteiger partial charge in [0.05, 0.1) is 12.1 Å². The molecule has 3 heterocycles. The van der Waals surface area contributed by atoms with Gasteiger partial charge in [0, 0.05) is 47.6 Å². The second kappa shape index (κ2) is 6.08. The molecule has 1 aliphatic carbocycles. The molecular formula is C16H22N4OS. The highest BCUT2D eigenvalue weighted by atomic mass is 32.2. The maximum atomic E-state index is 13.0. The summed E-state index contributed by atoms with van der Waals surface area (Å²) in [4.78, 5) is 16.3. The van der Waals surface area contributed by atoms with Gasteiger partial charge in [-0.05, 0) is 12.8 Å². The summed E-state index contributed by atoms with van der Waals surface area (Å²) in [6, 6.07) is 0.921. The number of hydrogen-bond donors (Lipinski definition) is 2. The van der Waals surface area contributed by atoms with Crippen LogP contribution in [0.4, 0.5) is 0 Å². The van der Waals surface area contributed by atoms with E-state index in [4.69, 9.17) is 0 Å². The molecule has 4 rings (SSSR count). The fourth-order valence-corrected chi connectivity index (χ4v) is 5.05. The van der Waals surface area contributed by atoms with E-state index in [9.17, 15) is 4.79 Å². The van der Waals surface area contributed by atoms with Gasteiger partial charge in [-0.15, -0.1) is 11.8 Å². The predicted octanol–water partition coefficient (Wildman–Crippen LogP) is 1.86. The molecule has 1 aromatic rings. The normalized spacial score (nSPS) is 31.7. The van der Waals surface area contributed by atoms with E-state index in [1.165, 1.54) is 24.2 Å². The Hall–Kier alpha value is -1.27. The van der Waals surface area contributed by atoms with Crippen LogP contribution in [0.15, 0.2) is 18.5 Å². The highest BCUT2D eigenvalue weighted by Gasteiger charge is 2.38. The predicted molar refractivity (Wildman–Crippen MR) is 88.3 cm³/mol. The van der Waals surface area contributed by atoms with E-state index in [0.29, 0.717) is 18.0 Å². The van der Waals surface area contributed by atoms with Gasteiger partial charge in [0.15, 0.2) is 0 Å². The second-order valence-electron chi connectivity index (χ2n) is 6.38. The minimum atomic E-state index is 0.0237. The van der Waals surface area contributed by atoms with Gasteiger partial charge in [0.25, 0.3) is 0 Å². The first-order chi connectivity index (χ1) is 10.8. The zero-order chi connectivity index (χ0) is 14.9. The third-order valence-electron chi connectivity index (χ3n) is 5.04. The summed E-state index contributed by atoms with van der Waals surface area (Å²) in [7, 11) is 0. The van der Waals surface area contributed by atoms with Crippen LogP contribution in [-0.2, 0) is 4.79 Å². The largest absolute Gasteiger partial charge is 0.336 e. The topological polar surface area (TPSA) is 61.0 Å². The lowest BCUT2D eigenvalue weighted by atomic mass is 9.87. The molecule has 1 saturated heterocycles. The molecule has 6 heteroatoms. The standard InChI is InChI=1S/C16H22N4OS/c21-16(11-7-15(22-10-11)12-8-18-19-9-12)20-6-5-17-13-3-1-2-4-14(13)20/h7-9,11,13-14,17H,1-6,10H2,(H,18,19). The van der Waals surface area contributed by atoms with E-state index in [-0.39, 0.29) is 5.92 Å². The van der Waals surface area contributed by atoms with Crippen LogP contribution in [0.2, 0.25) is 0 Å². The summed E-state index contributed by atoms with van der Waals surface area (Å²) < 4.78 is 0. The summed E-state index contributed by atoms with van der Waals surface area (Å²) in [5.41, 5.74) is 1.09. The Morgan fingerprint density at radius 2 is 2.27 bits per heavy atom. The Morgan fingerprint density at radius 3 is 3.14 bits per heavy atom.